The molecular formula is C26H31N3O3. The van der Waals surface area contributed by atoms with Gasteiger partial charge in [-0.25, -0.2) is 0 Å². The van der Waals surface area contributed by atoms with Crippen LogP contribution in [0, 0.1) is 12.8 Å². The van der Waals surface area contributed by atoms with E-state index in [1.54, 1.807) is 17.2 Å². The third-order valence-electron chi connectivity index (χ3n) is 7.43. The van der Waals surface area contributed by atoms with Gasteiger partial charge >= 0.3 is 0 Å². The van der Waals surface area contributed by atoms with Crippen LogP contribution in [0.1, 0.15) is 61.1 Å². The minimum Gasteiger partial charge on any atom is -0.463 e. The molecule has 6 nitrogen and oxygen atoms in total. The lowest BCUT2D eigenvalue weighted by Crippen LogP contribution is -2.65. The number of hydrogen-bond donors (Lipinski definition) is 1. The Bertz CT molecular complexity index is 1160. The number of nitrogens with one attached hydrogen (secondary N) is 1. The molecule has 1 aliphatic heterocycles. The molecule has 1 aliphatic carbocycles. The predicted octanol–water partition coefficient (Wildman–Crippen LogP) is 4.65. The van der Waals surface area contributed by atoms with Gasteiger partial charge in [0.15, 0.2) is 5.58 Å². The number of furan rings is 1. The second kappa shape index (κ2) is 7.84. The van der Waals surface area contributed by atoms with E-state index in [1.165, 1.54) is 12.0 Å². The average Bonchev–Trinajstić information content (AvgIpc) is 3.36. The van der Waals surface area contributed by atoms with Gasteiger partial charge in [0, 0.05) is 24.7 Å². The van der Waals surface area contributed by atoms with Crippen molar-refractivity contribution >= 4 is 22.9 Å². The van der Waals surface area contributed by atoms with E-state index in [0.717, 1.165) is 30.3 Å². The first-order valence-electron chi connectivity index (χ1n) is 11.6. The van der Waals surface area contributed by atoms with E-state index in [0.29, 0.717) is 30.3 Å². The van der Waals surface area contributed by atoms with E-state index >= 15 is 0 Å². The quantitative estimate of drug-likeness (QED) is 0.651. The Kier molecular flexibility index (Phi) is 5.11. The number of carbonyl (C=O) groups is 2. The van der Waals surface area contributed by atoms with Crippen LogP contribution >= 0.6 is 0 Å². The monoisotopic (exact) mass is 433 g/mol. The Balaban J connectivity index is 1.52. The van der Waals surface area contributed by atoms with Crippen LogP contribution in [0.3, 0.4) is 0 Å². The summed E-state index contributed by atoms with van der Waals surface area (Å²) in [4.78, 5) is 29.3. The molecule has 2 aliphatic rings. The summed E-state index contributed by atoms with van der Waals surface area (Å²) in [5, 5.41) is 3.32. The minimum absolute atomic E-state index is 0.0762. The van der Waals surface area contributed by atoms with Crippen LogP contribution in [0.4, 0.5) is 0 Å². The summed E-state index contributed by atoms with van der Waals surface area (Å²) in [5.74, 6) is 0.231. The van der Waals surface area contributed by atoms with Crippen molar-refractivity contribution in [3.63, 3.8) is 0 Å². The van der Waals surface area contributed by atoms with Gasteiger partial charge < -0.3 is 19.2 Å². The third kappa shape index (κ3) is 3.42. The van der Waals surface area contributed by atoms with Gasteiger partial charge in [0.1, 0.15) is 11.2 Å². The number of amides is 2. The molecule has 1 fully saturated rings. The molecular weight excluding hydrogens is 402 g/mol. The highest BCUT2D eigenvalue weighted by molar-refractivity contribution is 6.02. The summed E-state index contributed by atoms with van der Waals surface area (Å²) in [6.45, 7) is 6.94. The third-order valence-corrected chi connectivity index (χ3v) is 7.43. The fourth-order valence-electron chi connectivity index (χ4n) is 5.25. The van der Waals surface area contributed by atoms with Gasteiger partial charge in [-0.1, -0.05) is 49.6 Å². The van der Waals surface area contributed by atoms with E-state index in [-0.39, 0.29) is 17.9 Å². The average molecular weight is 434 g/mol. The number of benzene rings is 1. The molecule has 5 rings (SSSR count). The number of fused-ring (bicyclic) bond motifs is 3. The molecule has 0 spiro atoms. The van der Waals surface area contributed by atoms with Crippen molar-refractivity contribution < 1.29 is 14.0 Å². The van der Waals surface area contributed by atoms with Gasteiger partial charge in [0.25, 0.3) is 5.91 Å². The van der Waals surface area contributed by atoms with Crippen LogP contribution in [0.25, 0.3) is 11.1 Å². The smallest absolute Gasteiger partial charge is 0.271 e. The summed E-state index contributed by atoms with van der Waals surface area (Å²) < 4.78 is 7.50. The van der Waals surface area contributed by atoms with E-state index < -0.39 is 5.54 Å². The van der Waals surface area contributed by atoms with Crippen LogP contribution in [0.2, 0.25) is 0 Å². The van der Waals surface area contributed by atoms with Crippen molar-refractivity contribution in [3.05, 3.63) is 59.5 Å². The predicted molar refractivity (Wildman–Crippen MR) is 123 cm³/mol. The Morgan fingerprint density at radius 1 is 1.19 bits per heavy atom. The first-order chi connectivity index (χ1) is 15.4. The van der Waals surface area contributed by atoms with Crippen molar-refractivity contribution in [2.75, 3.05) is 0 Å². The van der Waals surface area contributed by atoms with Crippen molar-refractivity contribution in [1.82, 2.24) is 14.8 Å². The molecule has 0 bridgehead atoms. The second-order valence-electron chi connectivity index (χ2n) is 9.78. The van der Waals surface area contributed by atoms with Crippen molar-refractivity contribution in [1.29, 1.82) is 0 Å². The molecule has 6 heteroatoms. The lowest BCUT2D eigenvalue weighted by Gasteiger charge is -2.45. The Labute approximate surface area is 188 Å². The topological polar surface area (TPSA) is 67.5 Å². The van der Waals surface area contributed by atoms with Gasteiger partial charge in [0.2, 0.25) is 5.91 Å². The number of aromatic nitrogens is 1. The lowest BCUT2D eigenvalue weighted by molar-refractivity contribution is -0.134. The molecule has 0 radical (unpaired) electrons. The highest BCUT2D eigenvalue weighted by atomic mass is 16.3. The molecule has 2 amide bonds. The molecule has 3 heterocycles. The standard InChI is InChI=1S/C26H31N3O3/c1-17-8-10-19(11-9-17)15-29-24(30)22-14-23-21(12-13-32-23)28(22)16-26(29,3)25(31)27-20-7-5-4-6-18(20)2/h8-14,18,20H,4-7,15-16H2,1-3H3,(H,27,31)/t18-,20+,26-/m1/s1. The summed E-state index contributed by atoms with van der Waals surface area (Å²) in [6, 6.07) is 12.0. The van der Waals surface area contributed by atoms with Crippen LogP contribution in [0.15, 0.2) is 47.1 Å². The van der Waals surface area contributed by atoms with Gasteiger partial charge in [-0.2, -0.15) is 0 Å². The maximum Gasteiger partial charge on any atom is 0.271 e. The highest BCUT2D eigenvalue weighted by Crippen LogP contribution is 2.34. The van der Waals surface area contributed by atoms with Crippen LogP contribution in [0.5, 0.6) is 0 Å². The zero-order valence-electron chi connectivity index (χ0n) is 19.1. The maximum absolute atomic E-state index is 13.8. The first-order valence-corrected chi connectivity index (χ1v) is 11.6. The summed E-state index contributed by atoms with van der Waals surface area (Å²) >= 11 is 0. The van der Waals surface area contributed by atoms with E-state index in [9.17, 15) is 9.59 Å². The van der Waals surface area contributed by atoms with Gasteiger partial charge in [0.05, 0.1) is 18.3 Å². The van der Waals surface area contributed by atoms with Crippen LogP contribution in [-0.2, 0) is 17.9 Å². The molecule has 1 N–H and O–H groups in total. The van der Waals surface area contributed by atoms with Crippen molar-refractivity contribution in [2.24, 2.45) is 5.92 Å². The van der Waals surface area contributed by atoms with Crippen LogP contribution in [-0.4, -0.2) is 32.9 Å². The van der Waals surface area contributed by atoms with Crippen molar-refractivity contribution in [2.45, 2.75) is 71.1 Å². The zero-order valence-corrected chi connectivity index (χ0v) is 19.1. The molecule has 2 aromatic heterocycles. The Hall–Kier alpha value is -3.02. The lowest BCUT2D eigenvalue weighted by atomic mass is 9.85. The summed E-state index contributed by atoms with van der Waals surface area (Å²) in [5.41, 5.74) is 3.28. The fourth-order valence-corrected chi connectivity index (χ4v) is 5.25. The van der Waals surface area contributed by atoms with E-state index in [2.05, 4.69) is 12.2 Å². The normalized spacial score (nSPS) is 25.7. The Morgan fingerprint density at radius 2 is 1.94 bits per heavy atom. The molecule has 3 aromatic rings. The maximum atomic E-state index is 13.8. The summed E-state index contributed by atoms with van der Waals surface area (Å²) in [6.07, 6.45) is 6.10. The largest absolute Gasteiger partial charge is 0.463 e. The number of aryl methyl sites for hydroxylation is 1. The zero-order chi connectivity index (χ0) is 22.5. The number of carbonyl (C=O) groups excluding carboxylic acids is 2. The fraction of sp³-hybridized carbons (Fsp3) is 0.462. The highest BCUT2D eigenvalue weighted by Gasteiger charge is 2.48. The van der Waals surface area contributed by atoms with E-state index in [4.69, 9.17) is 4.42 Å². The number of rotatable bonds is 4. The summed E-state index contributed by atoms with van der Waals surface area (Å²) in [7, 11) is 0. The molecule has 1 aromatic carbocycles. The van der Waals surface area contributed by atoms with E-state index in [1.807, 2.05) is 48.7 Å². The number of nitrogens with zero attached hydrogens (tertiary/aromatic N) is 2. The Morgan fingerprint density at radius 3 is 2.69 bits per heavy atom. The number of hydrogen-bond acceptors (Lipinski definition) is 3. The first kappa shape index (κ1) is 20.9. The minimum atomic E-state index is -1.00. The van der Waals surface area contributed by atoms with Crippen LogP contribution < -0.4 is 5.32 Å². The molecule has 0 saturated heterocycles. The molecule has 3 atom stereocenters. The SMILES string of the molecule is Cc1ccc(CN2C(=O)c3cc4occc4n3C[C@]2(C)C(=O)N[C@H]2CCCC[C@H]2C)cc1. The molecule has 1 saturated carbocycles. The second-order valence-corrected chi connectivity index (χ2v) is 9.78. The van der Waals surface area contributed by atoms with Gasteiger partial charge in [-0.15, -0.1) is 0 Å². The van der Waals surface area contributed by atoms with Gasteiger partial charge in [-0.3, -0.25) is 9.59 Å². The van der Waals surface area contributed by atoms with Crippen molar-refractivity contribution in [3.8, 4) is 0 Å². The molecule has 168 valence electrons. The molecule has 0 unspecified atom stereocenters. The molecule has 32 heavy (non-hydrogen) atoms. The van der Waals surface area contributed by atoms with Gasteiger partial charge in [-0.05, 0) is 38.2 Å².